The zero-order valence-corrected chi connectivity index (χ0v) is 66.8. The Bertz CT molecular complexity index is 5520. The zero-order valence-electron chi connectivity index (χ0n) is 66.8. The highest BCUT2D eigenvalue weighted by atomic mass is 15.2. The van der Waals surface area contributed by atoms with Crippen LogP contribution in [0.25, 0.3) is 87.2 Å². The van der Waals surface area contributed by atoms with Crippen molar-refractivity contribution in [2.45, 2.75) is 232 Å². The van der Waals surface area contributed by atoms with Crippen molar-refractivity contribution < 1.29 is 0 Å². The van der Waals surface area contributed by atoms with Gasteiger partial charge in [-0.1, -0.05) is 319 Å². The van der Waals surface area contributed by atoms with Crippen LogP contribution in [0.15, 0.2) is 243 Å². The van der Waals surface area contributed by atoms with E-state index in [1.54, 1.807) is 0 Å². The summed E-state index contributed by atoms with van der Waals surface area (Å²) >= 11 is 0. The molecule has 8 heteroatoms. The summed E-state index contributed by atoms with van der Waals surface area (Å²) in [6.07, 6.45) is 30.5. The Kier molecular flexibility index (Phi) is 20.3. The number of hydrogen-bond acceptors (Lipinski definition) is 0. The first-order valence-corrected chi connectivity index (χ1v) is 43.3. The zero-order chi connectivity index (χ0) is 75.2. The molecule has 0 bridgehead atoms. The summed E-state index contributed by atoms with van der Waals surface area (Å²) in [4.78, 5) is 0. The van der Waals surface area contributed by atoms with Crippen molar-refractivity contribution in [3.05, 3.63) is 309 Å². The molecule has 0 atom stereocenters. The summed E-state index contributed by atoms with van der Waals surface area (Å²) in [6.45, 7) is 12.0. The summed E-state index contributed by atoms with van der Waals surface area (Å²) in [5.74, 6) is 0. The predicted molar refractivity (Wildman–Crippen MR) is 471 cm³/mol. The largest absolute Gasteiger partial charge is 0.321 e. The maximum Gasteiger partial charge on any atom is 0.156 e. The van der Waals surface area contributed by atoms with E-state index < -0.39 is 0 Å². The first-order valence-electron chi connectivity index (χ1n) is 43.3. The SMILES string of the molecule is Cc1ccc(Cn2/c(=c3/n(Cc4ccc(C)cc4)c4cccc5cccc(c54)n3C3CCCCCC3)n(C3CCCCCC3)c3cccc4cccc2c43)cc1.Cc1ccc(Cn2/c(=c3/n(Cc4ccc(C)cc4)c4cccc5cccc(c54)n3C3CCCCCC3)n(C3CCCCCC3)c3cccc4cccc2c43)cc1. The fourth-order valence-corrected chi connectivity index (χ4v) is 20.9. The Hall–Kier alpha value is -10.4. The van der Waals surface area contributed by atoms with Crippen LogP contribution in [0.2, 0.25) is 0 Å². The van der Waals surface area contributed by atoms with Crippen LogP contribution in [0, 0.1) is 49.6 Å². The lowest BCUT2D eigenvalue weighted by atomic mass is 10.0. The van der Waals surface area contributed by atoms with E-state index in [4.69, 9.17) is 0 Å². The van der Waals surface area contributed by atoms with Gasteiger partial charge < -0.3 is 36.5 Å². The Labute approximate surface area is 660 Å². The second-order valence-electron chi connectivity index (χ2n) is 34.3. The molecule has 12 aromatic carbocycles. The average Bonchev–Trinajstić information content (AvgIpc) is 0.776. The van der Waals surface area contributed by atoms with Gasteiger partial charge in [0.2, 0.25) is 0 Å². The maximum absolute atomic E-state index is 2.88. The molecule has 4 aliphatic rings. The van der Waals surface area contributed by atoms with E-state index in [2.05, 4.69) is 307 Å². The summed E-state index contributed by atoms with van der Waals surface area (Å²) in [5.41, 5.74) is 26.8. The highest BCUT2D eigenvalue weighted by molar-refractivity contribution is 6.10. The minimum atomic E-state index is 0.407. The van der Waals surface area contributed by atoms with Crippen LogP contribution >= 0.6 is 0 Å². The number of nitrogens with zero attached hydrogens (tertiary/aromatic N) is 8. The molecule has 0 amide bonds. The summed E-state index contributed by atoms with van der Waals surface area (Å²) in [7, 11) is 0. The van der Waals surface area contributed by atoms with Gasteiger partial charge in [-0.25, -0.2) is 0 Å². The van der Waals surface area contributed by atoms with Crippen LogP contribution in [-0.2, 0) is 26.2 Å². The number of hydrogen-bond donors (Lipinski definition) is 0. The second kappa shape index (κ2) is 31.6. The molecule has 20 rings (SSSR count). The quantitative estimate of drug-likeness (QED) is 0.109. The van der Waals surface area contributed by atoms with Crippen molar-refractivity contribution in [3.8, 4) is 0 Å². The second-order valence-corrected chi connectivity index (χ2v) is 34.3. The highest BCUT2D eigenvalue weighted by Crippen LogP contribution is 2.43. The molecule has 568 valence electrons. The fourth-order valence-electron chi connectivity index (χ4n) is 20.9. The molecule has 4 aliphatic carbocycles. The standard InChI is InChI=1S/2C52H56N4/c2*1-37-27-31-39(32-28-37)35-53-45-23-11-15-41-17-13-25-47(49(41)45)55(43-19-7-3-4-8-20-43)51(53)52-54(36-40-33-29-38(2)30-34-40)46-24-12-16-42-18-14-26-48(50(42)46)56(52)44-21-9-5-6-10-22-44/h2*11-18,23-34,43-44H,3-10,19-22,35-36H2,1-2H3/b2*52-51+. The number of rotatable bonds is 12. The van der Waals surface area contributed by atoms with Crippen LogP contribution < -0.4 is 0 Å². The Balaban J connectivity index is 0.000000151. The van der Waals surface area contributed by atoms with Gasteiger partial charge in [-0.2, -0.15) is 0 Å². The minimum Gasteiger partial charge on any atom is -0.321 e. The lowest BCUT2D eigenvalue weighted by Crippen LogP contribution is -2.25. The fraction of sp³-hybridized carbons (Fsp3) is 0.346. The van der Waals surface area contributed by atoms with Gasteiger partial charge in [0.05, 0.1) is 44.1 Å². The lowest BCUT2D eigenvalue weighted by molar-refractivity contribution is 0.407. The molecule has 0 radical (unpaired) electrons. The Morgan fingerprint density at radius 3 is 0.545 bits per heavy atom. The Morgan fingerprint density at radius 1 is 0.196 bits per heavy atom. The number of aryl methyl sites for hydroxylation is 4. The number of aromatic nitrogens is 8. The van der Waals surface area contributed by atoms with Crippen LogP contribution in [0.5, 0.6) is 0 Å². The molecule has 16 aromatic rings. The van der Waals surface area contributed by atoms with E-state index in [0.717, 1.165) is 26.2 Å². The van der Waals surface area contributed by atoms with Gasteiger partial charge >= 0.3 is 0 Å². The molecule has 112 heavy (non-hydrogen) atoms. The van der Waals surface area contributed by atoms with Crippen LogP contribution in [0.1, 0.15) is 223 Å². The molecule has 0 spiro atoms. The van der Waals surface area contributed by atoms with E-state index in [1.807, 2.05) is 0 Å². The van der Waals surface area contributed by atoms with Gasteiger partial charge in [-0.15, -0.1) is 0 Å². The highest BCUT2D eigenvalue weighted by Gasteiger charge is 2.30. The van der Waals surface area contributed by atoms with Crippen molar-refractivity contribution >= 4 is 87.2 Å². The van der Waals surface area contributed by atoms with Gasteiger partial charge in [0, 0.05) is 71.9 Å². The molecule has 0 N–H and O–H groups in total. The van der Waals surface area contributed by atoms with Crippen molar-refractivity contribution in [2.75, 3.05) is 0 Å². The van der Waals surface area contributed by atoms with Crippen molar-refractivity contribution in [1.82, 2.24) is 36.5 Å². The molecule has 0 aliphatic heterocycles. The summed E-state index contributed by atoms with van der Waals surface area (Å²) in [5, 5.41) is 10.9. The van der Waals surface area contributed by atoms with Crippen molar-refractivity contribution in [1.29, 1.82) is 0 Å². The minimum absolute atomic E-state index is 0.407. The predicted octanol–water partition coefficient (Wildman–Crippen LogP) is 27.7. The van der Waals surface area contributed by atoms with Gasteiger partial charge in [0.1, 0.15) is 0 Å². The lowest BCUT2D eigenvalue weighted by Gasteiger charge is -2.31. The molecule has 4 aromatic heterocycles. The van der Waals surface area contributed by atoms with Crippen molar-refractivity contribution in [3.63, 3.8) is 0 Å². The molecule has 0 saturated heterocycles. The molecule has 4 saturated carbocycles. The van der Waals surface area contributed by atoms with E-state index in [1.165, 1.54) is 308 Å². The molecule has 8 nitrogen and oxygen atoms in total. The smallest absolute Gasteiger partial charge is 0.156 e. The first kappa shape index (κ1) is 71.8. The number of benzene rings is 12. The maximum atomic E-state index is 2.88. The third kappa shape index (κ3) is 13.7. The van der Waals surface area contributed by atoms with E-state index in [0.29, 0.717) is 24.2 Å². The third-order valence-corrected chi connectivity index (χ3v) is 26.6. The van der Waals surface area contributed by atoms with Crippen LogP contribution in [0.4, 0.5) is 0 Å². The molecular weight excluding hydrogens is 1360 g/mol. The van der Waals surface area contributed by atoms with Gasteiger partial charge in [0.25, 0.3) is 0 Å². The summed E-state index contributed by atoms with van der Waals surface area (Å²) < 4.78 is 22.5. The van der Waals surface area contributed by atoms with Crippen LogP contribution in [0.3, 0.4) is 0 Å². The van der Waals surface area contributed by atoms with Gasteiger partial charge in [0.15, 0.2) is 21.9 Å². The molecule has 0 unspecified atom stereocenters. The molecular formula is C104H112N8. The summed E-state index contributed by atoms with van der Waals surface area (Å²) in [6, 6.07) is 95.3. The molecule has 4 heterocycles. The Morgan fingerprint density at radius 2 is 0.366 bits per heavy atom. The van der Waals surface area contributed by atoms with Crippen LogP contribution in [-0.4, -0.2) is 36.5 Å². The normalized spacial score (nSPS) is 16.9. The van der Waals surface area contributed by atoms with E-state index in [-0.39, 0.29) is 0 Å². The van der Waals surface area contributed by atoms with Gasteiger partial charge in [-0.3, -0.25) is 0 Å². The first-order chi connectivity index (χ1) is 55.2. The molecule has 4 fully saturated rings. The van der Waals surface area contributed by atoms with E-state index >= 15 is 0 Å². The monoisotopic (exact) mass is 1470 g/mol. The van der Waals surface area contributed by atoms with E-state index in [9.17, 15) is 0 Å². The van der Waals surface area contributed by atoms with Gasteiger partial charge in [-0.05, 0) is 171 Å². The van der Waals surface area contributed by atoms with Crippen molar-refractivity contribution in [2.24, 2.45) is 0 Å². The average molecular weight is 1470 g/mol. The third-order valence-electron chi connectivity index (χ3n) is 26.6. The topological polar surface area (TPSA) is 39.4 Å².